The van der Waals surface area contributed by atoms with Crippen LogP contribution < -0.4 is 0 Å². The summed E-state index contributed by atoms with van der Waals surface area (Å²) in [7, 11) is 0. The number of rotatable bonds is 2. The molecule has 3 aromatic rings. The first-order valence-corrected chi connectivity index (χ1v) is 8.70. The van der Waals surface area contributed by atoms with Crippen LogP contribution in [-0.2, 0) is 0 Å². The fourth-order valence-electron chi connectivity index (χ4n) is 2.21. The Morgan fingerprint density at radius 2 is 1.10 bits per heavy atom. The van der Waals surface area contributed by atoms with Crippen LogP contribution in [0.1, 0.15) is 25.0 Å². The van der Waals surface area contributed by atoms with E-state index in [0.717, 1.165) is 0 Å². The zero-order valence-corrected chi connectivity index (χ0v) is 14.1. The normalized spacial score (nSPS) is 10.0. The first kappa shape index (κ1) is 15.0. The van der Waals surface area contributed by atoms with E-state index in [1.54, 1.807) is 22.7 Å². The summed E-state index contributed by atoms with van der Waals surface area (Å²) in [4.78, 5) is 2.71. The summed E-state index contributed by atoms with van der Waals surface area (Å²) in [6.07, 6.45) is 0. The molecular weight excluding hydrogens is 280 g/mol. The largest absolute Gasteiger partial charge is 0.144 e. The molecule has 0 spiro atoms. The number of aryl methyl sites for hydroxylation is 2. The number of hydrogen-bond acceptors (Lipinski definition) is 2. The van der Waals surface area contributed by atoms with E-state index in [-0.39, 0.29) is 0 Å². The lowest BCUT2D eigenvalue weighted by Crippen LogP contribution is -1.87. The fraction of sp³-hybridized carbons (Fsp3) is 0.222. The molecule has 20 heavy (non-hydrogen) atoms. The lowest BCUT2D eigenvalue weighted by Gasteiger charge is -2.10. The fourth-order valence-corrected chi connectivity index (χ4v) is 3.83. The molecule has 2 aromatic heterocycles. The third-order valence-corrected chi connectivity index (χ3v) is 4.95. The zero-order valence-electron chi connectivity index (χ0n) is 12.4. The van der Waals surface area contributed by atoms with Gasteiger partial charge in [-0.1, -0.05) is 26.0 Å². The maximum absolute atomic E-state index is 2.32. The Labute approximate surface area is 129 Å². The van der Waals surface area contributed by atoms with Crippen LogP contribution in [-0.4, -0.2) is 0 Å². The second-order valence-electron chi connectivity index (χ2n) is 4.44. The molecule has 1 aromatic carbocycles. The van der Waals surface area contributed by atoms with Crippen molar-refractivity contribution in [2.75, 3.05) is 0 Å². The van der Waals surface area contributed by atoms with Crippen LogP contribution in [0.4, 0.5) is 0 Å². The molecule has 2 heteroatoms. The van der Waals surface area contributed by atoms with Gasteiger partial charge in [0.25, 0.3) is 0 Å². The molecule has 0 amide bonds. The van der Waals surface area contributed by atoms with Crippen LogP contribution in [0.5, 0.6) is 0 Å². The van der Waals surface area contributed by atoms with Crippen LogP contribution in [0.25, 0.3) is 20.9 Å². The summed E-state index contributed by atoms with van der Waals surface area (Å²) >= 11 is 3.61. The molecule has 0 aliphatic heterocycles. The predicted molar refractivity (Wildman–Crippen MR) is 93.9 cm³/mol. The molecule has 0 nitrogen and oxygen atoms in total. The van der Waals surface area contributed by atoms with E-state index in [4.69, 9.17) is 0 Å². The standard InChI is InChI=1S/C16H14S2.C2H6/c1-11-9-14(16-6-4-8-18-16)12(2)10-13(11)15-5-3-7-17-15;1-2/h3-10H,1-2H3;1-2H3. The van der Waals surface area contributed by atoms with Gasteiger partial charge < -0.3 is 0 Å². The lowest BCUT2D eigenvalue weighted by atomic mass is 9.98. The molecule has 0 saturated carbocycles. The summed E-state index contributed by atoms with van der Waals surface area (Å²) in [5.74, 6) is 0. The maximum Gasteiger partial charge on any atom is 0.0345 e. The smallest absolute Gasteiger partial charge is 0.0345 e. The Bertz CT molecular complexity index is 587. The molecule has 0 atom stereocenters. The van der Waals surface area contributed by atoms with E-state index < -0.39 is 0 Å². The first-order chi connectivity index (χ1) is 9.75. The van der Waals surface area contributed by atoms with Gasteiger partial charge in [-0.3, -0.25) is 0 Å². The Morgan fingerprint density at radius 1 is 0.700 bits per heavy atom. The van der Waals surface area contributed by atoms with Crippen LogP contribution in [0.3, 0.4) is 0 Å². The summed E-state index contributed by atoms with van der Waals surface area (Å²) in [6, 6.07) is 13.2. The summed E-state index contributed by atoms with van der Waals surface area (Å²) in [6.45, 7) is 8.40. The molecule has 104 valence electrons. The van der Waals surface area contributed by atoms with Crippen LogP contribution in [0.2, 0.25) is 0 Å². The number of thiophene rings is 2. The lowest BCUT2D eigenvalue weighted by molar-refractivity contribution is 1.41. The van der Waals surface area contributed by atoms with Gasteiger partial charge in [0, 0.05) is 9.75 Å². The van der Waals surface area contributed by atoms with Crippen molar-refractivity contribution in [3.63, 3.8) is 0 Å². The van der Waals surface area contributed by atoms with Gasteiger partial charge in [-0.05, 0) is 71.1 Å². The predicted octanol–water partition coefficient (Wildman–Crippen LogP) is 6.79. The minimum Gasteiger partial charge on any atom is -0.144 e. The highest BCUT2D eigenvalue weighted by Gasteiger charge is 2.09. The quantitative estimate of drug-likeness (QED) is 0.489. The summed E-state index contributed by atoms with van der Waals surface area (Å²) < 4.78 is 0. The van der Waals surface area contributed by atoms with Crippen molar-refractivity contribution in [2.24, 2.45) is 0 Å². The maximum atomic E-state index is 2.32. The minimum atomic E-state index is 1.35. The van der Waals surface area contributed by atoms with Crippen LogP contribution in [0, 0.1) is 13.8 Å². The molecule has 0 fully saturated rings. The van der Waals surface area contributed by atoms with Crippen molar-refractivity contribution in [1.29, 1.82) is 0 Å². The molecule has 3 rings (SSSR count). The van der Waals surface area contributed by atoms with Gasteiger partial charge in [0.1, 0.15) is 0 Å². The highest BCUT2D eigenvalue weighted by molar-refractivity contribution is 7.13. The highest BCUT2D eigenvalue weighted by Crippen LogP contribution is 2.35. The third kappa shape index (κ3) is 3.02. The van der Waals surface area contributed by atoms with Crippen molar-refractivity contribution < 1.29 is 0 Å². The molecule has 0 aliphatic rings. The molecule has 2 heterocycles. The van der Waals surface area contributed by atoms with E-state index in [0.29, 0.717) is 0 Å². The van der Waals surface area contributed by atoms with E-state index in [9.17, 15) is 0 Å². The monoisotopic (exact) mass is 300 g/mol. The average molecular weight is 300 g/mol. The van der Waals surface area contributed by atoms with Crippen LogP contribution >= 0.6 is 22.7 Å². The van der Waals surface area contributed by atoms with Crippen molar-refractivity contribution in [2.45, 2.75) is 27.7 Å². The van der Waals surface area contributed by atoms with Gasteiger partial charge in [0.05, 0.1) is 0 Å². The van der Waals surface area contributed by atoms with E-state index >= 15 is 0 Å². The SMILES string of the molecule is CC.Cc1cc(-c2cccs2)c(C)cc1-c1cccs1. The first-order valence-electron chi connectivity index (χ1n) is 6.95. The molecule has 0 N–H and O–H groups in total. The van der Waals surface area contributed by atoms with Gasteiger partial charge in [-0.2, -0.15) is 0 Å². The van der Waals surface area contributed by atoms with Crippen molar-refractivity contribution in [3.05, 3.63) is 58.3 Å². The number of hydrogen-bond donors (Lipinski definition) is 0. The van der Waals surface area contributed by atoms with E-state index in [1.807, 2.05) is 13.8 Å². The Kier molecular flexibility index (Phi) is 5.16. The molecule has 0 unspecified atom stereocenters. The van der Waals surface area contributed by atoms with Crippen molar-refractivity contribution in [1.82, 2.24) is 0 Å². The third-order valence-electron chi connectivity index (χ3n) is 3.14. The van der Waals surface area contributed by atoms with E-state index in [1.165, 1.54) is 32.0 Å². The van der Waals surface area contributed by atoms with Crippen molar-refractivity contribution >= 4 is 22.7 Å². The molecule has 0 bridgehead atoms. The molecule has 0 saturated heterocycles. The van der Waals surface area contributed by atoms with Gasteiger partial charge >= 0.3 is 0 Å². The average Bonchev–Trinajstić information content (AvgIpc) is 3.15. The molecular formula is C18H20S2. The van der Waals surface area contributed by atoms with Gasteiger partial charge in [-0.25, -0.2) is 0 Å². The Hall–Kier alpha value is -1.38. The Morgan fingerprint density at radius 3 is 1.40 bits per heavy atom. The zero-order chi connectivity index (χ0) is 14.5. The topological polar surface area (TPSA) is 0 Å². The van der Waals surface area contributed by atoms with Crippen LogP contribution in [0.15, 0.2) is 47.2 Å². The highest BCUT2D eigenvalue weighted by atomic mass is 32.1. The minimum absolute atomic E-state index is 1.35. The van der Waals surface area contributed by atoms with Gasteiger partial charge in [0.15, 0.2) is 0 Å². The summed E-state index contributed by atoms with van der Waals surface area (Å²) in [5.41, 5.74) is 5.43. The van der Waals surface area contributed by atoms with Crippen molar-refractivity contribution in [3.8, 4) is 20.9 Å². The van der Waals surface area contributed by atoms with E-state index in [2.05, 4.69) is 61.0 Å². The number of benzene rings is 1. The summed E-state index contributed by atoms with van der Waals surface area (Å²) in [5, 5.41) is 4.27. The van der Waals surface area contributed by atoms with Gasteiger partial charge in [0.2, 0.25) is 0 Å². The molecule has 0 aliphatic carbocycles. The second kappa shape index (κ2) is 6.87. The Balaban J connectivity index is 0.000000704. The molecule has 0 radical (unpaired) electrons. The van der Waals surface area contributed by atoms with Gasteiger partial charge in [-0.15, -0.1) is 22.7 Å². The second-order valence-corrected chi connectivity index (χ2v) is 6.33.